The molecule has 1 saturated carbocycles. The Kier molecular flexibility index (Phi) is 3.97. The molecule has 0 bridgehead atoms. The average Bonchev–Trinajstić information content (AvgIpc) is 2.98. The summed E-state index contributed by atoms with van der Waals surface area (Å²) in [6, 6.07) is 8.77. The van der Waals surface area contributed by atoms with Crippen molar-refractivity contribution >= 4 is 0 Å². The van der Waals surface area contributed by atoms with Crippen LogP contribution < -0.4 is 11.1 Å². The van der Waals surface area contributed by atoms with E-state index >= 15 is 0 Å². The predicted octanol–water partition coefficient (Wildman–Crippen LogP) is 1.93. The fourth-order valence-corrected chi connectivity index (χ4v) is 2.08. The van der Waals surface area contributed by atoms with E-state index in [1.807, 2.05) is 0 Å². The van der Waals surface area contributed by atoms with Crippen LogP contribution in [0.15, 0.2) is 24.3 Å². The molecule has 1 fully saturated rings. The Hall–Kier alpha value is -0.860. The van der Waals surface area contributed by atoms with Crippen LogP contribution >= 0.6 is 0 Å². The monoisotopic (exact) mass is 218 g/mol. The fraction of sp³-hybridized carbons (Fsp3) is 0.571. The third-order valence-electron chi connectivity index (χ3n) is 3.47. The van der Waals surface area contributed by atoms with Crippen LogP contribution in [-0.2, 0) is 13.0 Å². The maximum atomic E-state index is 5.52. The Morgan fingerprint density at radius 3 is 2.44 bits per heavy atom. The number of benzene rings is 1. The Labute approximate surface area is 98.2 Å². The Balaban J connectivity index is 1.72. The van der Waals surface area contributed by atoms with E-state index < -0.39 is 0 Å². The van der Waals surface area contributed by atoms with Gasteiger partial charge in [0.25, 0.3) is 0 Å². The first-order chi connectivity index (χ1) is 7.79. The third-order valence-corrected chi connectivity index (χ3v) is 3.47. The van der Waals surface area contributed by atoms with Crippen molar-refractivity contribution in [2.24, 2.45) is 17.6 Å². The van der Waals surface area contributed by atoms with Gasteiger partial charge in [-0.1, -0.05) is 31.2 Å². The number of hydrogen-bond donors (Lipinski definition) is 2. The van der Waals surface area contributed by atoms with E-state index in [0.717, 1.165) is 31.3 Å². The highest BCUT2D eigenvalue weighted by Crippen LogP contribution is 2.36. The second-order valence-corrected chi connectivity index (χ2v) is 4.96. The Morgan fingerprint density at radius 2 is 1.88 bits per heavy atom. The number of rotatable bonds is 6. The molecule has 1 aliphatic carbocycles. The quantitative estimate of drug-likeness (QED) is 0.765. The van der Waals surface area contributed by atoms with E-state index in [1.54, 1.807) is 0 Å². The molecule has 2 heteroatoms. The second-order valence-electron chi connectivity index (χ2n) is 4.96. The molecule has 88 valence electrons. The van der Waals surface area contributed by atoms with Crippen LogP contribution in [0.4, 0.5) is 0 Å². The van der Waals surface area contributed by atoms with Gasteiger partial charge in [-0.15, -0.1) is 0 Å². The Morgan fingerprint density at radius 1 is 1.25 bits per heavy atom. The van der Waals surface area contributed by atoms with Gasteiger partial charge in [0.15, 0.2) is 0 Å². The van der Waals surface area contributed by atoms with Crippen molar-refractivity contribution in [1.29, 1.82) is 0 Å². The molecule has 0 heterocycles. The summed E-state index contributed by atoms with van der Waals surface area (Å²) < 4.78 is 0. The highest BCUT2D eigenvalue weighted by Gasteiger charge is 2.31. The molecule has 1 aromatic rings. The van der Waals surface area contributed by atoms with E-state index in [-0.39, 0.29) is 0 Å². The minimum atomic E-state index is 0.733. The maximum Gasteiger partial charge on any atom is 0.0205 e. The first-order valence-electron chi connectivity index (χ1n) is 6.28. The van der Waals surface area contributed by atoms with Crippen molar-refractivity contribution in [2.75, 3.05) is 13.1 Å². The zero-order valence-corrected chi connectivity index (χ0v) is 10.1. The zero-order chi connectivity index (χ0) is 11.4. The van der Waals surface area contributed by atoms with Crippen LogP contribution in [0.3, 0.4) is 0 Å². The van der Waals surface area contributed by atoms with E-state index in [0.29, 0.717) is 0 Å². The molecule has 0 amide bonds. The van der Waals surface area contributed by atoms with Gasteiger partial charge in [-0.3, -0.25) is 0 Å². The lowest BCUT2D eigenvalue weighted by Gasteiger charge is -2.05. The number of nitrogens with two attached hydrogens (primary N) is 1. The van der Waals surface area contributed by atoms with Crippen LogP contribution in [0.2, 0.25) is 0 Å². The van der Waals surface area contributed by atoms with Crippen molar-refractivity contribution in [1.82, 2.24) is 5.32 Å². The summed E-state index contributed by atoms with van der Waals surface area (Å²) in [6.45, 7) is 5.23. The van der Waals surface area contributed by atoms with Gasteiger partial charge >= 0.3 is 0 Å². The van der Waals surface area contributed by atoms with Crippen LogP contribution in [0, 0.1) is 11.8 Å². The molecule has 2 unspecified atom stereocenters. The maximum absolute atomic E-state index is 5.52. The summed E-state index contributed by atoms with van der Waals surface area (Å²) in [4.78, 5) is 0. The average molecular weight is 218 g/mol. The predicted molar refractivity (Wildman–Crippen MR) is 68.2 cm³/mol. The topological polar surface area (TPSA) is 38.0 Å². The minimum Gasteiger partial charge on any atom is -0.330 e. The molecular formula is C14H22N2. The number of nitrogens with one attached hydrogen (secondary N) is 1. The molecule has 2 nitrogen and oxygen atoms in total. The van der Waals surface area contributed by atoms with Crippen LogP contribution in [-0.4, -0.2) is 13.1 Å². The van der Waals surface area contributed by atoms with Gasteiger partial charge in [-0.2, -0.15) is 0 Å². The van der Waals surface area contributed by atoms with E-state index in [4.69, 9.17) is 5.73 Å². The lowest BCUT2D eigenvalue weighted by Crippen LogP contribution is -2.16. The Bertz CT molecular complexity index is 318. The van der Waals surface area contributed by atoms with Gasteiger partial charge in [0.05, 0.1) is 0 Å². The highest BCUT2D eigenvalue weighted by atomic mass is 14.9. The molecule has 0 spiro atoms. The van der Waals surface area contributed by atoms with E-state index in [9.17, 15) is 0 Å². The van der Waals surface area contributed by atoms with Gasteiger partial charge in [0.1, 0.15) is 0 Å². The molecule has 3 N–H and O–H groups in total. The van der Waals surface area contributed by atoms with Crippen molar-refractivity contribution in [3.63, 3.8) is 0 Å². The lowest BCUT2D eigenvalue weighted by atomic mass is 10.1. The second kappa shape index (κ2) is 5.46. The van der Waals surface area contributed by atoms with Crippen molar-refractivity contribution in [2.45, 2.75) is 26.3 Å². The van der Waals surface area contributed by atoms with E-state index in [2.05, 4.69) is 36.5 Å². The summed E-state index contributed by atoms with van der Waals surface area (Å²) in [6.07, 6.45) is 2.38. The SMILES string of the molecule is CC1CC1CNCc1ccc(CCN)cc1. The van der Waals surface area contributed by atoms with Gasteiger partial charge < -0.3 is 11.1 Å². The van der Waals surface area contributed by atoms with Gasteiger partial charge in [-0.05, 0) is 48.9 Å². The molecule has 0 saturated heterocycles. The molecule has 16 heavy (non-hydrogen) atoms. The molecular weight excluding hydrogens is 196 g/mol. The summed E-state index contributed by atoms with van der Waals surface area (Å²) in [5, 5.41) is 3.52. The molecule has 0 aromatic heterocycles. The summed E-state index contributed by atoms with van der Waals surface area (Å²) in [5.74, 6) is 1.87. The van der Waals surface area contributed by atoms with E-state index in [1.165, 1.54) is 24.1 Å². The standard InChI is InChI=1S/C14H22N2/c1-11-8-14(11)10-16-9-13-4-2-12(3-5-13)6-7-15/h2-5,11,14,16H,6-10,15H2,1H3. The first-order valence-corrected chi connectivity index (χ1v) is 6.28. The third kappa shape index (κ3) is 3.32. The van der Waals surface area contributed by atoms with Gasteiger partial charge in [-0.25, -0.2) is 0 Å². The molecule has 2 atom stereocenters. The summed E-state index contributed by atoms with van der Waals surface area (Å²) >= 11 is 0. The lowest BCUT2D eigenvalue weighted by molar-refractivity contribution is 0.612. The summed E-state index contributed by atoms with van der Waals surface area (Å²) in [7, 11) is 0. The normalized spacial score (nSPS) is 23.4. The van der Waals surface area contributed by atoms with Crippen LogP contribution in [0.1, 0.15) is 24.5 Å². The largest absolute Gasteiger partial charge is 0.330 e. The smallest absolute Gasteiger partial charge is 0.0205 e. The molecule has 0 radical (unpaired) electrons. The van der Waals surface area contributed by atoms with Gasteiger partial charge in [0.2, 0.25) is 0 Å². The van der Waals surface area contributed by atoms with Gasteiger partial charge in [0, 0.05) is 6.54 Å². The fourth-order valence-electron chi connectivity index (χ4n) is 2.08. The highest BCUT2D eigenvalue weighted by molar-refractivity contribution is 5.22. The molecule has 1 aromatic carbocycles. The van der Waals surface area contributed by atoms with Crippen molar-refractivity contribution < 1.29 is 0 Å². The van der Waals surface area contributed by atoms with Crippen molar-refractivity contribution in [3.8, 4) is 0 Å². The van der Waals surface area contributed by atoms with Crippen molar-refractivity contribution in [3.05, 3.63) is 35.4 Å². The molecule has 2 rings (SSSR count). The first kappa shape index (κ1) is 11.6. The molecule has 0 aliphatic heterocycles. The number of hydrogen-bond acceptors (Lipinski definition) is 2. The summed E-state index contributed by atoms with van der Waals surface area (Å²) in [5.41, 5.74) is 8.22. The molecule has 1 aliphatic rings. The van der Waals surface area contributed by atoms with Crippen LogP contribution in [0.25, 0.3) is 0 Å². The minimum absolute atomic E-state index is 0.733. The van der Waals surface area contributed by atoms with Crippen LogP contribution in [0.5, 0.6) is 0 Å². The zero-order valence-electron chi connectivity index (χ0n) is 10.1.